The number of hydrogen-bond acceptors (Lipinski definition) is 6. The Balaban J connectivity index is 2.16. The first kappa shape index (κ1) is 15.7. The Hall–Kier alpha value is -1.67. The van der Waals surface area contributed by atoms with E-state index >= 15 is 0 Å². The minimum Gasteiger partial charge on any atom is -0.379 e. The quantitative estimate of drug-likeness (QED) is 0.610. The van der Waals surface area contributed by atoms with Gasteiger partial charge in [-0.05, 0) is 37.9 Å². The molecule has 1 fully saturated rings. The number of anilines is 1. The molecule has 116 valence electrons. The molecule has 21 heavy (non-hydrogen) atoms. The normalized spacial score (nSPS) is 18.6. The zero-order chi connectivity index (χ0) is 15.5. The van der Waals surface area contributed by atoms with Crippen molar-refractivity contribution in [2.24, 2.45) is 0 Å². The number of nitrogens with zero attached hydrogens (tertiary/aromatic N) is 1. The van der Waals surface area contributed by atoms with E-state index in [1.165, 1.54) is 18.2 Å². The first-order chi connectivity index (χ1) is 9.89. The van der Waals surface area contributed by atoms with E-state index in [0.717, 1.165) is 32.1 Å². The number of hydrogen-bond donors (Lipinski definition) is 2. The third kappa shape index (κ3) is 3.92. The number of benzene rings is 1. The molecule has 8 heteroatoms. The van der Waals surface area contributed by atoms with E-state index in [-0.39, 0.29) is 16.3 Å². The van der Waals surface area contributed by atoms with Crippen molar-refractivity contribution in [3.63, 3.8) is 0 Å². The van der Waals surface area contributed by atoms with Crippen LogP contribution in [0.5, 0.6) is 0 Å². The van der Waals surface area contributed by atoms with Gasteiger partial charge in [0.25, 0.3) is 0 Å². The molecule has 0 spiro atoms. The van der Waals surface area contributed by atoms with Crippen molar-refractivity contribution in [2.75, 3.05) is 24.7 Å². The minimum atomic E-state index is -3.64. The second-order valence-corrected chi connectivity index (χ2v) is 7.17. The van der Waals surface area contributed by atoms with Gasteiger partial charge >= 0.3 is 5.69 Å². The van der Waals surface area contributed by atoms with Crippen molar-refractivity contribution in [3.8, 4) is 0 Å². The molecule has 0 bridgehead atoms. The fourth-order valence-corrected chi connectivity index (χ4v) is 3.40. The van der Waals surface area contributed by atoms with Crippen LogP contribution in [-0.2, 0) is 9.84 Å². The molecule has 1 aliphatic rings. The van der Waals surface area contributed by atoms with Crippen LogP contribution in [0.4, 0.5) is 11.4 Å². The summed E-state index contributed by atoms with van der Waals surface area (Å²) in [6.45, 7) is 1.57. The van der Waals surface area contributed by atoms with E-state index in [1.807, 2.05) is 0 Å². The fraction of sp³-hybridized carbons (Fsp3) is 0.538. The Morgan fingerprint density at radius 3 is 2.81 bits per heavy atom. The number of nitro groups is 1. The average molecular weight is 313 g/mol. The number of rotatable bonds is 6. The lowest BCUT2D eigenvalue weighted by molar-refractivity contribution is -0.386. The average Bonchev–Trinajstić information content (AvgIpc) is 2.90. The van der Waals surface area contributed by atoms with Crippen LogP contribution in [0.25, 0.3) is 0 Å². The van der Waals surface area contributed by atoms with Crippen LogP contribution < -0.4 is 10.6 Å². The summed E-state index contributed by atoms with van der Waals surface area (Å²) < 4.78 is 23.3. The lowest BCUT2D eigenvalue weighted by Gasteiger charge is -2.12. The molecule has 0 aromatic heterocycles. The van der Waals surface area contributed by atoms with Gasteiger partial charge in [0.15, 0.2) is 9.84 Å². The third-order valence-electron chi connectivity index (χ3n) is 3.55. The number of nitrogens with one attached hydrogen (secondary N) is 2. The van der Waals surface area contributed by atoms with Gasteiger partial charge in [0.05, 0.1) is 4.92 Å². The van der Waals surface area contributed by atoms with Crippen molar-refractivity contribution in [1.29, 1.82) is 0 Å². The zero-order valence-corrected chi connectivity index (χ0v) is 12.6. The maximum atomic E-state index is 11.7. The Morgan fingerprint density at radius 1 is 1.48 bits per heavy atom. The lowest BCUT2D eigenvalue weighted by Crippen LogP contribution is -2.24. The first-order valence-electron chi connectivity index (χ1n) is 6.84. The lowest BCUT2D eigenvalue weighted by atomic mass is 10.1. The summed E-state index contributed by atoms with van der Waals surface area (Å²) in [6, 6.07) is 4.74. The molecule has 1 atom stereocenters. The van der Waals surface area contributed by atoms with E-state index in [4.69, 9.17) is 0 Å². The Morgan fingerprint density at radius 2 is 2.24 bits per heavy atom. The van der Waals surface area contributed by atoms with Crippen molar-refractivity contribution >= 4 is 21.2 Å². The largest absolute Gasteiger partial charge is 0.379 e. The van der Waals surface area contributed by atoms with Gasteiger partial charge in [-0.1, -0.05) is 6.07 Å². The second-order valence-electron chi connectivity index (χ2n) is 5.19. The molecule has 7 nitrogen and oxygen atoms in total. The zero-order valence-electron chi connectivity index (χ0n) is 11.8. The monoisotopic (exact) mass is 313 g/mol. The van der Waals surface area contributed by atoms with Gasteiger partial charge in [0.2, 0.25) is 0 Å². The number of nitro benzene ring substituents is 1. The van der Waals surface area contributed by atoms with E-state index < -0.39 is 14.8 Å². The molecule has 0 radical (unpaired) electrons. The SMILES string of the molecule is CS(=O)(=O)c1cccc(NCCC2CCCN2)c1[N+](=O)[O-]. The van der Waals surface area contributed by atoms with Crippen LogP contribution in [0.2, 0.25) is 0 Å². The Labute approximate surface area is 123 Å². The van der Waals surface area contributed by atoms with E-state index in [9.17, 15) is 18.5 Å². The maximum Gasteiger partial charge on any atom is 0.310 e. The Kier molecular flexibility index (Phi) is 4.79. The molecule has 0 aliphatic carbocycles. The van der Waals surface area contributed by atoms with Crippen molar-refractivity contribution in [3.05, 3.63) is 28.3 Å². The van der Waals surface area contributed by atoms with Gasteiger partial charge in [-0.15, -0.1) is 0 Å². The molecule has 1 aromatic carbocycles. The highest BCUT2D eigenvalue weighted by Crippen LogP contribution is 2.31. The van der Waals surface area contributed by atoms with Crippen LogP contribution in [0.15, 0.2) is 23.1 Å². The summed E-state index contributed by atoms with van der Waals surface area (Å²) in [6.07, 6.45) is 4.07. The van der Waals surface area contributed by atoms with Gasteiger partial charge in [0.1, 0.15) is 10.6 Å². The standard InChI is InChI=1S/C13H19N3O4S/c1-21(19,20)12-6-2-5-11(13(12)16(17)18)15-9-7-10-4-3-8-14-10/h2,5-6,10,14-15H,3-4,7-9H2,1H3. The second kappa shape index (κ2) is 6.40. The smallest absolute Gasteiger partial charge is 0.310 e. The molecule has 1 aromatic rings. The van der Waals surface area contributed by atoms with Crippen LogP contribution in [0.3, 0.4) is 0 Å². The van der Waals surface area contributed by atoms with Gasteiger partial charge < -0.3 is 10.6 Å². The van der Waals surface area contributed by atoms with Gasteiger partial charge in [-0.3, -0.25) is 10.1 Å². The van der Waals surface area contributed by atoms with Gasteiger partial charge in [-0.2, -0.15) is 0 Å². The minimum absolute atomic E-state index is 0.251. The molecule has 0 amide bonds. The van der Waals surface area contributed by atoms with E-state index in [2.05, 4.69) is 10.6 Å². The fourth-order valence-electron chi connectivity index (χ4n) is 2.54. The summed E-state index contributed by atoms with van der Waals surface area (Å²) >= 11 is 0. The highest BCUT2D eigenvalue weighted by molar-refractivity contribution is 7.90. The summed E-state index contributed by atoms with van der Waals surface area (Å²) in [5.41, 5.74) is -0.125. The van der Waals surface area contributed by atoms with Crippen LogP contribution in [0.1, 0.15) is 19.3 Å². The molecule has 1 unspecified atom stereocenters. The topological polar surface area (TPSA) is 101 Å². The van der Waals surface area contributed by atoms with Gasteiger partial charge in [-0.25, -0.2) is 8.42 Å². The summed E-state index contributed by atoms with van der Waals surface area (Å²) in [5, 5.41) is 17.5. The number of sulfone groups is 1. The predicted molar refractivity (Wildman–Crippen MR) is 80.3 cm³/mol. The third-order valence-corrected chi connectivity index (χ3v) is 4.68. The highest BCUT2D eigenvalue weighted by atomic mass is 32.2. The Bertz CT molecular complexity index is 624. The van der Waals surface area contributed by atoms with E-state index in [0.29, 0.717) is 12.6 Å². The summed E-state index contributed by atoms with van der Waals surface area (Å²) in [4.78, 5) is 10.3. The van der Waals surface area contributed by atoms with Crippen molar-refractivity contribution in [2.45, 2.75) is 30.2 Å². The summed E-state index contributed by atoms with van der Waals surface area (Å²) in [7, 11) is -3.64. The molecule has 1 saturated heterocycles. The van der Waals surface area contributed by atoms with Gasteiger partial charge in [0, 0.05) is 18.8 Å². The molecule has 2 rings (SSSR count). The van der Waals surface area contributed by atoms with Crippen molar-refractivity contribution < 1.29 is 13.3 Å². The molecule has 1 aliphatic heterocycles. The summed E-state index contributed by atoms with van der Waals surface area (Å²) in [5.74, 6) is 0. The highest BCUT2D eigenvalue weighted by Gasteiger charge is 2.26. The predicted octanol–water partition coefficient (Wildman–Crippen LogP) is 1.55. The number of para-hydroxylation sites is 1. The van der Waals surface area contributed by atoms with Crippen LogP contribution in [0, 0.1) is 10.1 Å². The van der Waals surface area contributed by atoms with Crippen molar-refractivity contribution in [1.82, 2.24) is 5.32 Å². The maximum absolute atomic E-state index is 11.7. The molecule has 2 N–H and O–H groups in total. The molecule has 0 saturated carbocycles. The van der Waals surface area contributed by atoms with Crippen LogP contribution in [-0.4, -0.2) is 38.7 Å². The van der Waals surface area contributed by atoms with E-state index in [1.54, 1.807) is 0 Å². The molecular weight excluding hydrogens is 294 g/mol. The first-order valence-corrected chi connectivity index (χ1v) is 8.73. The molecule has 1 heterocycles. The molecular formula is C13H19N3O4S. The van der Waals surface area contributed by atoms with Crippen LogP contribution >= 0.6 is 0 Å².